The number of nitrogens with zero attached hydrogens (tertiary/aromatic N) is 1. The first-order chi connectivity index (χ1) is 15.5. The highest BCUT2D eigenvalue weighted by Crippen LogP contribution is 2.38. The van der Waals surface area contributed by atoms with Gasteiger partial charge in [-0.25, -0.2) is 4.79 Å². The Morgan fingerprint density at radius 1 is 1.16 bits per heavy atom. The number of ether oxygens (including phenoxy) is 4. The number of carbonyl (C=O) groups is 2. The van der Waals surface area contributed by atoms with Crippen molar-refractivity contribution in [2.75, 3.05) is 40.0 Å². The predicted octanol–water partition coefficient (Wildman–Crippen LogP) is 1.78. The molecule has 1 aliphatic carbocycles. The maximum atomic E-state index is 11.6. The third-order valence-corrected chi connectivity index (χ3v) is 6.30. The van der Waals surface area contributed by atoms with Crippen molar-refractivity contribution in [2.24, 2.45) is 11.8 Å². The topological polar surface area (TPSA) is 115 Å². The molecule has 2 aliphatic heterocycles. The van der Waals surface area contributed by atoms with Gasteiger partial charge in [0.2, 0.25) is 0 Å². The normalized spacial score (nSPS) is 28.2. The second-order valence-electron chi connectivity index (χ2n) is 8.41. The number of hydrogen-bond acceptors (Lipinski definition) is 8. The lowest BCUT2D eigenvalue weighted by Crippen LogP contribution is -2.42. The first-order valence-electron chi connectivity index (χ1n) is 11.1. The van der Waals surface area contributed by atoms with Crippen LogP contribution < -0.4 is 4.74 Å². The first kappa shape index (κ1) is 24.4. The summed E-state index contributed by atoms with van der Waals surface area (Å²) in [6.07, 6.45) is 2.73. The SMILES string of the molecule is COC(=O)c1ccc(O[C@H]2C[C@@H]3CN(CCC4OCCCO4)C[C@@H]3C[C@@H]2O)cc1.O=CO. The smallest absolute Gasteiger partial charge is 0.337 e. The number of likely N-dealkylation sites (tertiary alicyclic amines) is 1. The van der Waals surface area contributed by atoms with Crippen molar-refractivity contribution in [3.8, 4) is 5.75 Å². The van der Waals surface area contributed by atoms with E-state index in [1.54, 1.807) is 24.3 Å². The Morgan fingerprint density at radius 2 is 1.78 bits per heavy atom. The van der Waals surface area contributed by atoms with Gasteiger partial charge in [0.1, 0.15) is 11.9 Å². The number of aliphatic hydroxyl groups excluding tert-OH is 1. The number of carboxylic acid groups (broad SMARTS) is 1. The monoisotopic (exact) mass is 451 g/mol. The molecule has 0 spiro atoms. The average Bonchev–Trinajstić information content (AvgIpc) is 3.20. The Morgan fingerprint density at radius 3 is 2.41 bits per heavy atom. The van der Waals surface area contributed by atoms with Gasteiger partial charge in [-0.15, -0.1) is 0 Å². The molecule has 3 fully saturated rings. The van der Waals surface area contributed by atoms with E-state index in [1.165, 1.54) is 7.11 Å². The highest BCUT2D eigenvalue weighted by atomic mass is 16.7. The zero-order valence-electron chi connectivity index (χ0n) is 18.4. The minimum Gasteiger partial charge on any atom is -0.488 e. The minimum absolute atomic E-state index is 0.0685. The third kappa shape index (κ3) is 6.65. The van der Waals surface area contributed by atoms with Gasteiger partial charge in [0.25, 0.3) is 6.47 Å². The molecular formula is C23H33NO8. The van der Waals surface area contributed by atoms with Gasteiger partial charge in [0.15, 0.2) is 6.29 Å². The maximum Gasteiger partial charge on any atom is 0.337 e. The van der Waals surface area contributed by atoms with Crippen LogP contribution >= 0.6 is 0 Å². The Kier molecular flexibility index (Phi) is 9.28. The molecule has 32 heavy (non-hydrogen) atoms. The molecule has 3 aliphatic rings. The fraction of sp³-hybridized carbons (Fsp3) is 0.652. The van der Waals surface area contributed by atoms with Crippen molar-refractivity contribution in [2.45, 2.75) is 44.2 Å². The van der Waals surface area contributed by atoms with E-state index in [2.05, 4.69) is 4.90 Å². The summed E-state index contributed by atoms with van der Waals surface area (Å²) in [7, 11) is 1.36. The number of carbonyl (C=O) groups excluding carboxylic acids is 1. The molecule has 0 aromatic heterocycles. The molecule has 0 bridgehead atoms. The molecule has 1 aromatic carbocycles. The predicted molar refractivity (Wildman–Crippen MR) is 114 cm³/mol. The Hall–Kier alpha value is -2.20. The molecule has 2 heterocycles. The lowest BCUT2D eigenvalue weighted by Gasteiger charge is -2.35. The van der Waals surface area contributed by atoms with Crippen LogP contribution in [0.15, 0.2) is 24.3 Å². The maximum absolute atomic E-state index is 11.6. The summed E-state index contributed by atoms with van der Waals surface area (Å²) in [5.74, 6) is 1.35. The lowest BCUT2D eigenvalue weighted by atomic mass is 9.78. The van der Waals surface area contributed by atoms with Gasteiger partial charge >= 0.3 is 5.97 Å². The molecule has 9 nitrogen and oxygen atoms in total. The van der Waals surface area contributed by atoms with Gasteiger partial charge in [-0.3, -0.25) is 4.79 Å². The van der Waals surface area contributed by atoms with Crippen LogP contribution in [0, 0.1) is 11.8 Å². The van der Waals surface area contributed by atoms with Crippen LogP contribution in [0.25, 0.3) is 0 Å². The summed E-state index contributed by atoms with van der Waals surface area (Å²) in [6, 6.07) is 6.89. The number of benzene rings is 1. The third-order valence-electron chi connectivity index (χ3n) is 6.30. The van der Waals surface area contributed by atoms with Gasteiger partial charge in [0.05, 0.1) is 32.0 Å². The number of fused-ring (bicyclic) bond motifs is 1. The second-order valence-corrected chi connectivity index (χ2v) is 8.41. The summed E-state index contributed by atoms with van der Waals surface area (Å²) in [4.78, 5) is 22.4. The van der Waals surface area contributed by atoms with Crippen LogP contribution in [0.3, 0.4) is 0 Å². The molecule has 0 unspecified atom stereocenters. The second kappa shape index (κ2) is 12.2. The number of rotatable bonds is 6. The van der Waals surface area contributed by atoms with Gasteiger partial charge in [-0.2, -0.15) is 0 Å². The van der Waals surface area contributed by atoms with Crippen molar-refractivity contribution >= 4 is 12.4 Å². The van der Waals surface area contributed by atoms with Gasteiger partial charge < -0.3 is 34.1 Å². The number of aliphatic hydroxyl groups is 1. The molecule has 0 radical (unpaired) electrons. The summed E-state index contributed by atoms with van der Waals surface area (Å²) >= 11 is 0. The molecule has 2 saturated heterocycles. The van der Waals surface area contributed by atoms with Crippen molar-refractivity contribution in [3.05, 3.63) is 29.8 Å². The van der Waals surface area contributed by atoms with E-state index in [-0.39, 0.29) is 24.8 Å². The number of hydrogen-bond donors (Lipinski definition) is 2. The van der Waals surface area contributed by atoms with Crippen LogP contribution in [0.4, 0.5) is 0 Å². The Bertz CT molecular complexity index is 721. The molecule has 1 aromatic rings. The molecule has 9 heteroatoms. The fourth-order valence-electron chi connectivity index (χ4n) is 4.75. The van der Waals surface area contributed by atoms with Crippen molar-refractivity contribution in [1.29, 1.82) is 0 Å². The molecule has 4 atom stereocenters. The highest BCUT2D eigenvalue weighted by molar-refractivity contribution is 5.89. The number of methoxy groups -OCH3 is 1. The number of esters is 1. The summed E-state index contributed by atoms with van der Waals surface area (Å²) in [5.41, 5.74) is 0.487. The highest BCUT2D eigenvalue weighted by Gasteiger charge is 2.42. The summed E-state index contributed by atoms with van der Waals surface area (Å²) in [6.45, 7) is 4.36. The Balaban J connectivity index is 0.000000913. The van der Waals surface area contributed by atoms with Gasteiger partial charge in [-0.05, 0) is 55.4 Å². The van der Waals surface area contributed by atoms with Crippen LogP contribution in [0.1, 0.15) is 36.0 Å². The molecule has 178 valence electrons. The van der Waals surface area contributed by atoms with Crippen LogP contribution in [0.2, 0.25) is 0 Å². The molecule has 2 N–H and O–H groups in total. The van der Waals surface area contributed by atoms with Crippen molar-refractivity contribution < 1.29 is 38.7 Å². The van der Waals surface area contributed by atoms with Gasteiger partial charge in [-0.1, -0.05) is 0 Å². The van der Waals surface area contributed by atoms with E-state index in [0.29, 0.717) is 23.1 Å². The van der Waals surface area contributed by atoms with Crippen LogP contribution in [-0.4, -0.2) is 86.0 Å². The minimum atomic E-state index is -0.471. The lowest BCUT2D eigenvalue weighted by molar-refractivity contribution is -0.182. The largest absolute Gasteiger partial charge is 0.488 e. The van der Waals surface area contributed by atoms with E-state index >= 15 is 0 Å². The first-order valence-corrected chi connectivity index (χ1v) is 11.1. The van der Waals surface area contributed by atoms with E-state index in [1.807, 2.05) is 0 Å². The van der Waals surface area contributed by atoms with Crippen LogP contribution in [0.5, 0.6) is 5.75 Å². The Labute approximate surface area is 188 Å². The molecule has 4 rings (SSSR count). The average molecular weight is 452 g/mol. The van der Waals surface area contributed by atoms with Crippen LogP contribution in [-0.2, 0) is 19.0 Å². The van der Waals surface area contributed by atoms with E-state index in [9.17, 15) is 9.90 Å². The van der Waals surface area contributed by atoms with Crippen molar-refractivity contribution in [3.63, 3.8) is 0 Å². The zero-order valence-corrected chi connectivity index (χ0v) is 18.4. The standard InChI is InChI=1S/C22H31NO6.CH2O2/c1-26-22(25)15-3-5-18(6-4-15)29-20-12-17-14-23(13-16(17)11-19(20)24)8-7-21-27-9-2-10-28-21;2-1-3/h3-6,16-17,19-21,24H,2,7-14H2,1H3;1H,(H,2,3)/t16-,17+,19-,20-;/m0./s1. The van der Waals surface area contributed by atoms with Crippen molar-refractivity contribution in [1.82, 2.24) is 4.90 Å². The van der Waals surface area contributed by atoms with E-state index < -0.39 is 6.10 Å². The summed E-state index contributed by atoms with van der Waals surface area (Å²) in [5, 5.41) is 17.5. The summed E-state index contributed by atoms with van der Waals surface area (Å²) < 4.78 is 22.1. The zero-order chi connectivity index (χ0) is 22.9. The quantitative estimate of drug-likeness (QED) is 0.493. The molecular weight excluding hydrogens is 418 g/mol. The molecule has 1 saturated carbocycles. The van der Waals surface area contributed by atoms with E-state index in [0.717, 1.165) is 58.5 Å². The fourth-order valence-corrected chi connectivity index (χ4v) is 4.75. The molecule has 0 amide bonds. The van der Waals surface area contributed by atoms with E-state index in [4.69, 9.17) is 28.8 Å². The van der Waals surface area contributed by atoms with Gasteiger partial charge in [0, 0.05) is 26.1 Å².